The topological polar surface area (TPSA) is 60.5 Å². The fraction of sp³-hybridized carbons (Fsp3) is 0.238. The molecule has 1 unspecified atom stereocenters. The van der Waals surface area contributed by atoms with Crippen molar-refractivity contribution >= 4 is 34.3 Å². The van der Waals surface area contributed by atoms with Gasteiger partial charge in [-0.25, -0.2) is 0 Å². The molecule has 1 aromatic heterocycles. The summed E-state index contributed by atoms with van der Waals surface area (Å²) >= 11 is 1.49. The van der Waals surface area contributed by atoms with Crippen LogP contribution in [0.15, 0.2) is 59.6 Å². The lowest BCUT2D eigenvalue weighted by molar-refractivity contribution is -0.115. The predicted octanol–water partition coefficient (Wildman–Crippen LogP) is 4.52. The average Bonchev–Trinajstić information content (AvgIpc) is 2.93. The van der Waals surface area contributed by atoms with E-state index in [2.05, 4.69) is 10.3 Å². The second kappa shape index (κ2) is 7.88. The first-order valence-electron chi connectivity index (χ1n) is 8.91. The first kappa shape index (κ1) is 17.7. The summed E-state index contributed by atoms with van der Waals surface area (Å²) in [6.07, 6.45) is 2.62. The molecule has 0 saturated heterocycles. The van der Waals surface area contributed by atoms with Crippen molar-refractivity contribution in [2.75, 3.05) is 18.5 Å². The summed E-state index contributed by atoms with van der Waals surface area (Å²) in [5, 5.41) is 3.69. The van der Waals surface area contributed by atoms with E-state index in [4.69, 9.17) is 9.47 Å². The van der Waals surface area contributed by atoms with Crippen LogP contribution >= 0.6 is 11.8 Å². The number of aromatic nitrogens is 1. The zero-order valence-corrected chi connectivity index (χ0v) is 15.8. The van der Waals surface area contributed by atoms with Crippen LogP contribution in [0.2, 0.25) is 0 Å². The third kappa shape index (κ3) is 4.01. The monoisotopic (exact) mass is 380 g/mol. The number of amides is 1. The number of nitrogens with one attached hydrogen (secondary N) is 1. The number of pyridine rings is 1. The zero-order chi connectivity index (χ0) is 18.6. The molecule has 27 heavy (non-hydrogen) atoms. The molecule has 1 aliphatic heterocycles. The van der Waals surface area contributed by atoms with E-state index in [0.717, 1.165) is 39.4 Å². The minimum Gasteiger partial charge on any atom is -0.490 e. The highest BCUT2D eigenvalue weighted by molar-refractivity contribution is 8.00. The van der Waals surface area contributed by atoms with Gasteiger partial charge in [-0.3, -0.25) is 9.78 Å². The van der Waals surface area contributed by atoms with Crippen molar-refractivity contribution in [2.24, 2.45) is 0 Å². The van der Waals surface area contributed by atoms with Crippen molar-refractivity contribution in [3.63, 3.8) is 0 Å². The van der Waals surface area contributed by atoms with E-state index >= 15 is 0 Å². The number of carbonyl (C=O) groups excluding carboxylic acids is 1. The standard InChI is InChI=1S/C21H20N2O3S/c1-14(27-15-8-9-19-20(13-15)26-12-4-11-25-19)21(24)23-18-7-2-6-17-16(18)5-3-10-22-17/h2-3,5-10,13-14H,4,11-12H2,1H3,(H,23,24). The van der Waals surface area contributed by atoms with Gasteiger partial charge in [0, 0.05) is 22.9 Å². The molecule has 1 amide bonds. The Balaban J connectivity index is 1.47. The fourth-order valence-electron chi connectivity index (χ4n) is 2.92. The van der Waals surface area contributed by atoms with Gasteiger partial charge in [0.25, 0.3) is 0 Å². The number of anilines is 1. The number of benzene rings is 2. The molecular weight excluding hydrogens is 360 g/mol. The largest absolute Gasteiger partial charge is 0.490 e. The van der Waals surface area contributed by atoms with Gasteiger partial charge in [0.2, 0.25) is 5.91 Å². The highest BCUT2D eigenvalue weighted by atomic mass is 32.2. The number of thioether (sulfide) groups is 1. The van der Waals surface area contributed by atoms with Crippen LogP contribution in [-0.4, -0.2) is 29.4 Å². The molecule has 5 nitrogen and oxygen atoms in total. The van der Waals surface area contributed by atoms with Crippen LogP contribution < -0.4 is 14.8 Å². The highest BCUT2D eigenvalue weighted by Crippen LogP contribution is 2.35. The fourth-order valence-corrected chi connectivity index (χ4v) is 3.82. The third-order valence-corrected chi connectivity index (χ3v) is 5.40. The molecule has 0 bridgehead atoms. The number of nitrogens with zero attached hydrogens (tertiary/aromatic N) is 1. The van der Waals surface area contributed by atoms with Crippen LogP contribution in [0, 0.1) is 0 Å². The number of ether oxygens (including phenoxy) is 2. The maximum Gasteiger partial charge on any atom is 0.237 e. The van der Waals surface area contributed by atoms with Crippen molar-refractivity contribution in [3.8, 4) is 11.5 Å². The van der Waals surface area contributed by atoms with Gasteiger partial charge in [0.05, 0.1) is 29.7 Å². The molecule has 0 fully saturated rings. The minimum absolute atomic E-state index is 0.0523. The Hall–Kier alpha value is -2.73. The smallest absolute Gasteiger partial charge is 0.237 e. The molecule has 0 aliphatic carbocycles. The van der Waals surface area contributed by atoms with Crippen molar-refractivity contribution in [3.05, 3.63) is 54.7 Å². The Morgan fingerprint density at radius 3 is 2.85 bits per heavy atom. The van der Waals surface area contributed by atoms with Gasteiger partial charge in [-0.15, -0.1) is 11.8 Å². The average molecular weight is 380 g/mol. The van der Waals surface area contributed by atoms with Crippen molar-refractivity contribution in [2.45, 2.75) is 23.5 Å². The summed E-state index contributed by atoms with van der Waals surface area (Å²) in [5.41, 5.74) is 1.63. The van der Waals surface area contributed by atoms with Crippen LogP contribution in [0.5, 0.6) is 11.5 Å². The van der Waals surface area contributed by atoms with Gasteiger partial charge < -0.3 is 14.8 Å². The van der Waals surface area contributed by atoms with E-state index < -0.39 is 0 Å². The molecule has 2 aromatic carbocycles. The summed E-state index contributed by atoms with van der Waals surface area (Å²) in [5.74, 6) is 1.45. The maximum absolute atomic E-state index is 12.7. The molecule has 3 aromatic rings. The minimum atomic E-state index is -0.262. The summed E-state index contributed by atoms with van der Waals surface area (Å²) in [4.78, 5) is 18.0. The molecule has 1 atom stereocenters. The van der Waals surface area contributed by atoms with Gasteiger partial charge in [-0.05, 0) is 49.4 Å². The number of fused-ring (bicyclic) bond motifs is 2. The second-order valence-corrected chi connectivity index (χ2v) is 7.70. The van der Waals surface area contributed by atoms with Crippen LogP contribution in [0.3, 0.4) is 0 Å². The molecule has 138 valence electrons. The van der Waals surface area contributed by atoms with E-state index in [9.17, 15) is 4.79 Å². The molecule has 0 spiro atoms. The second-order valence-electron chi connectivity index (χ2n) is 6.28. The normalized spacial score (nSPS) is 14.4. The van der Waals surface area contributed by atoms with E-state index in [1.165, 1.54) is 11.8 Å². The molecular formula is C21H20N2O3S. The quantitative estimate of drug-likeness (QED) is 0.675. The van der Waals surface area contributed by atoms with E-state index in [-0.39, 0.29) is 11.2 Å². The van der Waals surface area contributed by atoms with Gasteiger partial charge in [-0.2, -0.15) is 0 Å². The van der Waals surface area contributed by atoms with Gasteiger partial charge >= 0.3 is 0 Å². The Kier molecular flexibility index (Phi) is 5.16. The Labute approximate surface area is 162 Å². The summed E-state index contributed by atoms with van der Waals surface area (Å²) < 4.78 is 11.4. The molecule has 0 radical (unpaired) electrons. The highest BCUT2D eigenvalue weighted by Gasteiger charge is 2.18. The van der Waals surface area contributed by atoms with Gasteiger partial charge in [0.1, 0.15) is 0 Å². The Bertz CT molecular complexity index is 971. The Morgan fingerprint density at radius 1 is 1.11 bits per heavy atom. The van der Waals surface area contributed by atoms with Crippen LogP contribution in [0.4, 0.5) is 5.69 Å². The predicted molar refractivity (Wildman–Crippen MR) is 108 cm³/mol. The van der Waals surface area contributed by atoms with E-state index in [1.807, 2.05) is 55.5 Å². The summed E-state index contributed by atoms with van der Waals surface area (Å²) in [6, 6.07) is 15.4. The lowest BCUT2D eigenvalue weighted by Gasteiger charge is -2.14. The number of carbonyl (C=O) groups is 1. The van der Waals surface area contributed by atoms with Gasteiger partial charge in [-0.1, -0.05) is 6.07 Å². The third-order valence-electron chi connectivity index (χ3n) is 4.30. The molecule has 1 aliphatic rings. The number of hydrogen-bond acceptors (Lipinski definition) is 5. The number of rotatable bonds is 4. The van der Waals surface area contributed by atoms with Crippen molar-refractivity contribution in [1.82, 2.24) is 4.98 Å². The first-order chi connectivity index (χ1) is 13.2. The summed E-state index contributed by atoms with van der Waals surface area (Å²) in [7, 11) is 0. The molecule has 2 heterocycles. The van der Waals surface area contributed by atoms with Crippen LogP contribution in [0.1, 0.15) is 13.3 Å². The van der Waals surface area contributed by atoms with E-state index in [1.54, 1.807) is 6.20 Å². The molecule has 1 N–H and O–H groups in total. The van der Waals surface area contributed by atoms with Crippen molar-refractivity contribution < 1.29 is 14.3 Å². The zero-order valence-electron chi connectivity index (χ0n) is 15.0. The van der Waals surface area contributed by atoms with Crippen LogP contribution in [-0.2, 0) is 4.79 Å². The molecule has 4 rings (SSSR count). The van der Waals surface area contributed by atoms with Gasteiger partial charge in [0.15, 0.2) is 11.5 Å². The van der Waals surface area contributed by atoms with Crippen LogP contribution in [0.25, 0.3) is 10.9 Å². The molecule has 0 saturated carbocycles. The SMILES string of the molecule is CC(Sc1ccc2c(c1)OCCCO2)C(=O)Nc1cccc2ncccc12. The number of hydrogen-bond donors (Lipinski definition) is 1. The lowest BCUT2D eigenvalue weighted by Crippen LogP contribution is -2.22. The Morgan fingerprint density at radius 2 is 1.96 bits per heavy atom. The molecule has 6 heteroatoms. The van der Waals surface area contributed by atoms with Crippen molar-refractivity contribution in [1.29, 1.82) is 0 Å². The maximum atomic E-state index is 12.7. The summed E-state index contributed by atoms with van der Waals surface area (Å²) in [6.45, 7) is 3.21. The van der Waals surface area contributed by atoms with E-state index in [0.29, 0.717) is 13.2 Å². The lowest BCUT2D eigenvalue weighted by atomic mass is 10.2. The first-order valence-corrected chi connectivity index (χ1v) is 9.79.